The van der Waals surface area contributed by atoms with E-state index in [1.54, 1.807) is 30.3 Å². The van der Waals surface area contributed by atoms with Gasteiger partial charge in [0, 0.05) is 0 Å². The number of nitrogens with one attached hydrogen (secondary N) is 1. The number of methoxy groups -OCH3 is 2. The summed E-state index contributed by atoms with van der Waals surface area (Å²) in [6.45, 7) is -0.156. The molecule has 4 amide bonds. The van der Waals surface area contributed by atoms with Crippen LogP contribution in [0.4, 0.5) is 10.5 Å². The Morgan fingerprint density at radius 1 is 1.03 bits per heavy atom. The van der Waals surface area contributed by atoms with Crippen LogP contribution in [0.2, 0.25) is 0 Å². The summed E-state index contributed by atoms with van der Waals surface area (Å²) >= 11 is 0. The molecule has 1 heterocycles. The molecule has 152 valence electrons. The van der Waals surface area contributed by atoms with Gasteiger partial charge in [-0.1, -0.05) is 6.07 Å². The van der Waals surface area contributed by atoms with Crippen LogP contribution in [-0.2, 0) is 9.59 Å². The maximum Gasteiger partial charge on any atom is 0.335 e. The molecule has 0 unspecified atom stereocenters. The van der Waals surface area contributed by atoms with E-state index in [0.717, 1.165) is 4.90 Å². The zero-order valence-corrected chi connectivity index (χ0v) is 16.2. The third-order valence-corrected chi connectivity index (χ3v) is 4.22. The molecule has 1 fully saturated rings. The quantitative estimate of drug-likeness (QED) is 0.576. The lowest BCUT2D eigenvalue weighted by Gasteiger charge is -2.26. The molecule has 3 rings (SSSR count). The molecule has 0 atom stereocenters. The maximum atomic E-state index is 12.9. The summed E-state index contributed by atoms with van der Waals surface area (Å²) in [5, 5.41) is 10.8. The van der Waals surface area contributed by atoms with Gasteiger partial charge in [0.15, 0.2) is 18.1 Å². The highest BCUT2D eigenvalue weighted by atomic mass is 16.5. The minimum Gasteiger partial charge on any atom is -0.497 e. The number of benzene rings is 2. The van der Waals surface area contributed by atoms with E-state index in [4.69, 9.17) is 19.5 Å². The van der Waals surface area contributed by atoms with Crippen LogP contribution in [0.3, 0.4) is 0 Å². The molecule has 0 bridgehead atoms. The number of anilines is 1. The highest BCUT2D eigenvalue weighted by molar-refractivity contribution is 6.39. The van der Waals surface area contributed by atoms with E-state index in [-0.39, 0.29) is 17.9 Å². The Kier molecular flexibility index (Phi) is 5.98. The van der Waals surface area contributed by atoms with E-state index in [2.05, 4.69) is 5.32 Å². The second-order valence-electron chi connectivity index (χ2n) is 6.01. The third kappa shape index (κ3) is 4.07. The summed E-state index contributed by atoms with van der Waals surface area (Å²) in [7, 11) is 2.92. The Hall–Kier alpha value is -4.32. The summed E-state index contributed by atoms with van der Waals surface area (Å²) in [6.07, 6.45) is 1.34. The number of carbonyl (C=O) groups is 3. The number of urea groups is 1. The minimum absolute atomic E-state index is 0.156. The van der Waals surface area contributed by atoms with Crippen LogP contribution in [0.1, 0.15) is 5.56 Å². The number of imide groups is 2. The molecule has 0 saturated carbocycles. The Bertz CT molecular complexity index is 1070. The number of ether oxygens (including phenoxy) is 3. The molecule has 1 aliphatic rings. The molecule has 0 aliphatic carbocycles. The molecular formula is C21H17N3O6. The van der Waals surface area contributed by atoms with Crippen molar-refractivity contribution in [3.8, 4) is 23.3 Å². The summed E-state index contributed by atoms with van der Waals surface area (Å²) < 4.78 is 15.6. The Labute approximate surface area is 172 Å². The molecule has 0 aromatic heterocycles. The molecule has 1 aliphatic heterocycles. The standard InChI is InChI=1S/C21H17N3O6/c1-28-15-6-4-14(5-7-15)24-20(26)16(19(25)23-21(24)27)11-13-3-8-17(30-10-9-22)18(12-13)29-2/h3-8,11-12H,10H2,1-2H3,(H,23,25,27). The lowest BCUT2D eigenvalue weighted by Crippen LogP contribution is -2.54. The van der Waals surface area contributed by atoms with Crippen molar-refractivity contribution < 1.29 is 28.6 Å². The Morgan fingerprint density at radius 3 is 2.40 bits per heavy atom. The molecule has 9 nitrogen and oxygen atoms in total. The van der Waals surface area contributed by atoms with Gasteiger partial charge in [0.05, 0.1) is 19.9 Å². The molecule has 9 heteroatoms. The van der Waals surface area contributed by atoms with Crippen LogP contribution in [0.15, 0.2) is 48.0 Å². The fraction of sp³-hybridized carbons (Fsp3) is 0.143. The van der Waals surface area contributed by atoms with E-state index in [1.165, 1.54) is 32.4 Å². The average molecular weight is 407 g/mol. The third-order valence-electron chi connectivity index (χ3n) is 4.22. The number of rotatable bonds is 6. The fourth-order valence-corrected chi connectivity index (χ4v) is 2.79. The van der Waals surface area contributed by atoms with Crippen LogP contribution >= 0.6 is 0 Å². The monoisotopic (exact) mass is 407 g/mol. The second kappa shape index (κ2) is 8.79. The van der Waals surface area contributed by atoms with Gasteiger partial charge in [-0.05, 0) is 48.0 Å². The van der Waals surface area contributed by atoms with Crippen molar-refractivity contribution in [1.82, 2.24) is 5.32 Å². The largest absolute Gasteiger partial charge is 0.497 e. The first-order valence-corrected chi connectivity index (χ1v) is 8.71. The summed E-state index contributed by atoms with van der Waals surface area (Å²) in [4.78, 5) is 38.4. The first-order valence-electron chi connectivity index (χ1n) is 8.71. The predicted octanol–water partition coefficient (Wildman–Crippen LogP) is 2.27. The van der Waals surface area contributed by atoms with Crippen molar-refractivity contribution in [2.75, 3.05) is 25.7 Å². The van der Waals surface area contributed by atoms with E-state index >= 15 is 0 Å². The SMILES string of the molecule is COc1ccc(N2C(=O)NC(=O)C(=Cc3ccc(OCC#N)c(OC)c3)C2=O)cc1. The number of carbonyl (C=O) groups excluding carboxylic acids is 3. The van der Waals surface area contributed by atoms with Crippen LogP contribution in [0.25, 0.3) is 6.08 Å². The zero-order valence-electron chi connectivity index (χ0n) is 16.2. The van der Waals surface area contributed by atoms with Crippen molar-refractivity contribution in [2.45, 2.75) is 0 Å². The van der Waals surface area contributed by atoms with Crippen molar-refractivity contribution in [3.05, 3.63) is 53.6 Å². The summed E-state index contributed by atoms with van der Waals surface area (Å²) in [6, 6.07) is 12.0. The zero-order chi connectivity index (χ0) is 21.7. The van der Waals surface area contributed by atoms with Gasteiger partial charge in [-0.15, -0.1) is 0 Å². The minimum atomic E-state index is -0.842. The van der Waals surface area contributed by atoms with Gasteiger partial charge in [-0.2, -0.15) is 5.26 Å². The van der Waals surface area contributed by atoms with Gasteiger partial charge in [0.1, 0.15) is 17.4 Å². The average Bonchev–Trinajstić information content (AvgIpc) is 2.75. The topological polar surface area (TPSA) is 118 Å². The molecule has 0 spiro atoms. The number of nitrogens with zero attached hydrogens (tertiary/aromatic N) is 2. The van der Waals surface area contributed by atoms with E-state index < -0.39 is 17.8 Å². The van der Waals surface area contributed by atoms with Gasteiger partial charge in [-0.3, -0.25) is 14.9 Å². The second-order valence-corrected chi connectivity index (χ2v) is 6.01. The highest BCUT2D eigenvalue weighted by Gasteiger charge is 2.36. The number of hydrogen-bond acceptors (Lipinski definition) is 7. The fourth-order valence-electron chi connectivity index (χ4n) is 2.79. The first kappa shape index (κ1) is 20.4. The Balaban J connectivity index is 1.95. The Morgan fingerprint density at radius 2 is 1.77 bits per heavy atom. The van der Waals surface area contributed by atoms with Crippen LogP contribution < -0.4 is 24.4 Å². The number of hydrogen-bond donors (Lipinski definition) is 1. The van der Waals surface area contributed by atoms with Gasteiger partial charge in [-0.25, -0.2) is 9.69 Å². The summed E-state index contributed by atoms with van der Waals surface area (Å²) in [5.74, 6) is -0.348. The molecule has 1 N–H and O–H groups in total. The molecule has 0 radical (unpaired) electrons. The maximum absolute atomic E-state index is 12.9. The predicted molar refractivity (Wildman–Crippen MR) is 106 cm³/mol. The molecular weight excluding hydrogens is 390 g/mol. The normalized spacial score (nSPS) is 14.9. The lowest BCUT2D eigenvalue weighted by atomic mass is 10.1. The van der Waals surface area contributed by atoms with Gasteiger partial charge in [0.2, 0.25) is 0 Å². The van der Waals surface area contributed by atoms with Crippen molar-refractivity contribution >= 4 is 29.6 Å². The van der Waals surface area contributed by atoms with Crippen molar-refractivity contribution in [1.29, 1.82) is 5.26 Å². The lowest BCUT2D eigenvalue weighted by molar-refractivity contribution is -0.122. The first-order chi connectivity index (χ1) is 14.5. The highest BCUT2D eigenvalue weighted by Crippen LogP contribution is 2.30. The van der Waals surface area contributed by atoms with E-state index in [0.29, 0.717) is 22.8 Å². The number of nitriles is 1. The number of barbiturate groups is 1. The molecule has 30 heavy (non-hydrogen) atoms. The van der Waals surface area contributed by atoms with Gasteiger partial charge in [0.25, 0.3) is 11.8 Å². The number of amides is 4. The van der Waals surface area contributed by atoms with Crippen LogP contribution in [0, 0.1) is 11.3 Å². The molecule has 2 aromatic rings. The van der Waals surface area contributed by atoms with Crippen molar-refractivity contribution in [2.24, 2.45) is 0 Å². The van der Waals surface area contributed by atoms with Crippen LogP contribution in [-0.4, -0.2) is 38.7 Å². The molecule has 1 saturated heterocycles. The van der Waals surface area contributed by atoms with Gasteiger partial charge < -0.3 is 14.2 Å². The van der Waals surface area contributed by atoms with Crippen molar-refractivity contribution in [3.63, 3.8) is 0 Å². The molecule has 2 aromatic carbocycles. The smallest absolute Gasteiger partial charge is 0.335 e. The van der Waals surface area contributed by atoms with E-state index in [1.807, 2.05) is 6.07 Å². The van der Waals surface area contributed by atoms with Gasteiger partial charge >= 0.3 is 6.03 Å². The summed E-state index contributed by atoms with van der Waals surface area (Å²) in [5.41, 5.74) is 0.534. The van der Waals surface area contributed by atoms with E-state index in [9.17, 15) is 14.4 Å². The van der Waals surface area contributed by atoms with Crippen LogP contribution in [0.5, 0.6) is 17.2 Å².